The maximum Gasteiger partial charge on any atom is 0.416 e. The van der Waals surface area contributed by atoms with Crippen molar-refractivity contribution in [1.82, 2.24) is 20.2 Å². The van der Waals surface area contributed by atoms with Gasteiger partial charge in [-0.1, -0.05) is 46.6 Å². The number of rotatable bonds is 6. The highest BCUT2D eigenvalue weighted by Gasteiger charge is 2.30. The zero-order valence-corrected chi connectivity index (χ0v) is 24.7. The van der Waals surface area contributed by atoms with Crippen molar-refractivity contribution in [3.63, 3.8) is 0 Å². The summed E-state index contributed by atoms with van der Waals surface area (Å²) in [5.41, 5.74) is 13.1. The van der Waals surface area contributed by atoms with Crippen LogP contribution in [0.5, 0.6) is 0 Å². The second kappa shape index (κ2) is 13.1. The molecule has 1 saturated heterocycles. The minimum atomic E-state index is -4.43. The third kappa shape index (κ3) is 7.16. The molecule has 5 rings (SSSR count). The second-order valence-electron chi connectivity index (χ2n) is 9.55. The molecule has 0 spiro atoms. The molecule has 1 amide bonds. The van der Waals surface area contributed by atoms with E-state index in [9.17, 15) is 18.0 Å². The number of hydrazine groups is 1. The van der Waals surface area contributed by atoms with Gasteiger partial charge in [-0.05, 0) is 73.0 Å². The molecule has 1 aliphatic heterocycles. The number of halogens is 5. The van der Waals surface area contributed by atoms with Gasteiger partial charge >= 0.3 is 6.18 Å². The highest BCUT2D eigenvalue weighted by Crippen LogP contribution is 2.37. The maximum atomic E-state index is 13.5. The number of hydrogen-bond acceptors (Lipinski definition) is 5. The summed E-state index contributed by atoms with van der Waals surface area (Å²) >= 11 is 14.0. The Bertz CT molecular complexity index is 1760. The highest BCUT2D eigenvalue weighted by molar-refractivity contribution is 7.16. The Labute approximate surface area is 258 Å². The van der Waals surface area contributed by atoms with Crippen LogP contribution in [0.4, 0.5) is 13.2 Å². The van der Waals surface area contributed by atoms with Gasteiger partial charge in [0.1, 0.15) is 0 Å². The van der Waals surface area contributed by atoms with Gasteiger partial charge in [0, 0.05) is 34.2 Å². The van der Waals surface area contributed by atoms with E-state index in [0.29, 0.717) is 50.4 Å². The summed E-state index contributed by atoms with van der Waals surface area (Å²) in [4.78, 5) is 17.7. The lowest BCUT2D eigenvalue weighted by atomic mass is 10.1. The van der Waals surface area contributed by atoms with Crippen LogP contribution in [0, 0.1) is 11.8 Å². The largest absolute Gasteiger partial charge is 0.416 e. The Balaban J connectivity index is 1.57. The van der Waals surface area contributed by atoms with E-state index in [1.807, 2.05) is 5.01 Å². The molecule has 0 saturated carbocycles. The van der Waals surface area contributed by atoms with Crippen molar-refractivity contribution in [1.29, 1.82) is 0 Å². The third-order valence-corrected chi connectivity index (χ3v) is 8.17. The number of carbonyl (C=O) groups excluding carboxylic acids is 1. The molecule has 43 heavy (non-hydrogen) atoms. The van der Waals surface area contributed by atoms with Crippen molar-refractivity contribution in [3.8, 4) is 28.1 Å². The van der Waals surface area contributed by atoms with E-state index in [1.54, 1.807) is 30.3 Å². The summed E-state index contributed by atoms with van der Waals surface area (Å²) in [6.45, 7) is 1.25. The molecule has 0 atom stereocenters. The molecule has 1 fully saturated rings. The van der Waals surface area contributed by atoms with Crippen LogP contribution < -0.4 is 5.43 Å². The molecule has 1 aliphatic rings. The van der Waals surface area contributed by atoms with Crippen molar-refractivity contribution < 1.29 is 18.0 Å². The van der Waals surface area contributed by atoms with Crippen LogP contribution in [0.3, 0.4) is 0 Å². The van der Waals surface area contributed by atoms with E-state index < -0.39 is 17.6 Å². The van der Waals surface area contributed by atoms with Gasteiger partial charge in [0.05, 0.1) is 38.3 Å². The molecule has 3 heterocycles. The van der Waals surface area contributed by atoms with Crippen LogP contribution in [-0.4, -0.2) is 33.8 Å². The Morgan fingerprint density at radius 1 is 1.07 bits per heavy atom. The van der Waals surface area contributed by atoms with E-state index in [4.69, 9.17) is 28.7 Å². The number of hydrogen-bond donors (Lipinski definition) is 1. The van der Waals surface area contributed by atoms with Crippen LogP contribution in [0.2, 0.25) is 10.0 Å². The first-order valence-electron chi connectivity index (χ1n) is 13.1. The molecule has 14 heteroatoms. The summed E-state index contributed by atoms with van der Waals surface area (Å²) in [5.74, 6) is 5.41. The zero-order valence-electron chi connectivity index (χ0n) is 22.3. The molecule has 0 aliphatic carbocycles. The topological polar surface area (TPSA) is 98.9 Å². The lowest BCUT2D eigenvalue weighted by Crippen LogP contribution is -2.45. The molecule has 4 aromatic rings. The summed E-state index contributed by atoms with van der Waals surface area (Å²) in [7, 11) is 0. The number of azide groups is 1. The average molecular weight is 645 g/mol. The van der Waals surface area contributed by atoms with Gasteiger partial charge in [0.15, 0.2) is 5.69 Å². The van der Waals surface area contributed by atoms with Gasteiger partial charge in [-0.25, -0.2) is 9.69 Å². The number of nitrogens with one attached hydrogen (secondary N) is 1. The van der Waals surface area contributed by atoms with E-state index in [-0.39, 0.29) is 17.3 Å². The number of amides is 1. The SMILES string of the molecule is [N-]=[N+]=NCc1c(C(=O)NN2CCCCC2)nn(-c2ccc(Cl)cc2Cl)c1-c1ccc(C#Cc2ccc(C(F)(F)F)cc2)s1. The van der Waals surface area contributed by atoms with Crippen LogP contribution in [0.15, 0.2) is 59.7 Å². The Hall–Kier alpha value is -3.98. The molecule has 0 unspecified atom stereocenters. The zero-order chi connectivity index (χ0) is 30.6. The molecule has 0 radical (unpaired) electrons. The summed E-state index contributed by atoms with van der Waals surface area (Å²) in [6, 6.07) is 13.0. The van der Waals surface area contributed by atoms with Gasteiger partial charge in [-0.3, -0.25) is 10.2 Å². The molecule has 8 nitrogen and oxygen atoms in total. The van der Waals surface area contributed by atoms with Crippen LogP contribution in [0.1, 0.15) is 51.3 Å². The number of carbonyl (C=O) groups is 1. The van der Waals surface area contributed by atoms with E-state index >= 15 is 0 Å². The van der Waals surface area contributed by atoms with Crippen molar-refractivity contribution >= 4 is 40.4 Å². The summed E-state index contributed by atoms with van der Waals surface area (Å²) in [5, 5.41) is 10.9. The van der Waals surface area contributed by atoms with Crippen molar-refractivity contribution in [2.75, 3.05) is 13.1 Å². The monoisotopic (exact) mass is 643 g/mol. The van der Waals surface area contributed by atoms with Crippen LogP contribution in [0.25, 0.3) is 26.7 Å². The van der Waals surface area contributed by atoms with Crippen LogP contribution in [-0.2, 0) is 12.7 Å². The van der Waals surface area contributed by atoms with Crippen molar-refractivity contribution in [2.45, 2.75) is 32.0 Å². The Kier molecular flexibility index (Phi) is 9.30. The smallest absolute Gasteiger partial charge is 0.283 e. The quantitative estimate of drug-likeness (QED) is 0.0990. The van der Waals surface area contributed by atoms with Gasteiger partial charge in [0.2, 0.25) is 0 Å². The predicted molar refractivity (Wildman–Crippen MR) is 160 cm³/mol. The van der Waals surface area contributed by atoms with Gasteiger partial charge in [0.25, 0.3) is 5.91 Å². The number of thiophene rings is 1. The van der Waals surface area contributed by atoms with Gasteiger partial charge < -0.3 is 0 Å². The molecule has 220 valence electrons. The number of piperidine rings is 1. The first kappa shape index (κ1) is 30.5. The minimum Gasteiger partial charge on any atom is -0.283 e. The van der Waals surface area contributed by atoms with Crippen molar-refractivity contribution in [2.24, 2.45) is 5.11 Å². The van der Waals surface area contributed by atoms with Crippen LogP contribution >= 0.6 is 34.5 Å². The average Bonchev–Trinajstić information content (AvgIpc) is 3.60. The standard InChI is InChI=1S/C29H22Cl2F3N7OS/c30-20-9-12-24(23(31)16-20)41-27(22(17-36-39-35)26(37-41)28(42)38-40-14-2-1-3-15-40)25-13-11-21(43-25)10-6-18-4-7-19(8-5-18)29(32,33)34/h4-5,7-9,11-13,16H,1-3,14-15,17H2,(H,38,42). The lowest BCUT2D eigenvalue weighted by molar-refractivity contribution is -0.137. The fraction of sp³-hybridized carbons (Fsp3) is 0.241. The Morgan fingerprint density at radius 2 is 1.81 bits per heavy atom. The van der Waals surface area contributed by atoms with Gasteiger partial charge in [-0.2, -0.15) is 18.3 Å². The molecular formula is C29H22Cl2F3N7OS. The highest BCUT2D eigenvalue weighted by atomic mass is 35.5. The first-order valence-corrected chi connectivity index (χ1v) is 14.6. The van der Waals surface area contributed by atoms with E-state index in [1.165, 1.54) is 28.2 Å². The summed E-state index contributed by atoms with van der Waals surface area (Å²) in [6.07, 6.45) is -1.43. The number of benzene rings is 2. The summed E-state index contributed by atoms with van der Waals surface area (Å²) < 4.78 is 40.2. The number of alkyl halides is 3. The molecule has 1 N–H and O–H groups in total. The molecular weight excluding hydrogens is 622 g/mol. The van der Waals surface area contributed by atoms with E-state index in [2.05, 4.69) is 32.4 Å². The predicted octanol–water partition coefficient (Wildman–Crippen LogP) is 8.27. The Morgan fingerprint density at radius 3 is 2.49 bits per heavy atom. The fourth-order valence-corrected chi connectivity index (χ4v) is 5.98. The second-order valence-corrected chi connectivity index (χ2v) is 11.5. The fourth-order valence-electron chi connectivity index (χ4n) is 4.58. The van der Waals surface area contributed by atoms with Gasteiger partial charge in [-0.15, -0.1) is 11.3 Å². The normalized spacial score (nSPS) is 13.6. The first-order chi connectivity index (χ1) is 20.6. The number of nitrogens with zero attached hydrogens (tertiary/aromatic N) is 6. The van der Waals surface area contributed by atoms with E-state index in [0.717, 1.165) is 31.4 Å². The third-order valence-electron chi connectivity index (χ3n) is 6.63. The number of aromatic nitrogens is 2. The van der Waals surface area contributed by atoms with Crippen molar-refractivity contribution in [3.05, 3.63) is 102 Å². The molecule has 0 bridgehead atoms. The minimum absolute atomic E-state index is 0.0739. The molecule has 2 aromatic carbocycles. The molecule has 2 aromatic heterocycles. The lowest BCUT2D eigenvalue weighted by Gasteiger charge is -2.26. The maximum absolute atomic E-state index is 13.5.